The third-order valence-electron chi connectivity index (χ3n) is 4.35. The van der Waals surface area contributed by atoms with Gasteiger partial charge in [0.05, 0.1) is 11.3 Å². The molecule has 2 aromatic carbocycles. The van der Waals surface area contributed by atoms with Gasteiger partial charge in [-0.05, 0) is 49.4 Å². The molecule has 0 saturated carbocycles. The lowest BCUT2D eigenvalue weighted by Gasteiger charge is -2.08. The maximum atomic E-state index is 12.3. The van der Waals surface area contributed by atoms with Crippen molar-refractivity contribution >= 4 is 49.8 Å². The van der Waals surface area contributed by atoms with E-state index in [1.54, 1.807) is 48.7 Å². The molecule has 0 unspecified atom stereocenters. The number of thiazole rings is 1. The molecule has 0 aliphatic rings. The number of hydrogen-bond donors (Lipinski definition) is 1. The highest BCUT2D eigenvalue weighted by molar-refractivity contribution is 9.10. The highest BCUT2D eigenvalue weighted by atomic mass is 79.9. The molecule has 9 heteroatoms. The molecule has 4 rings (SSSR count). The fraction of sp³-hybridized carbons (Fsp3) is 0.0909. The first-order valence-corrected chi connectivity index (χ1v) is 10.8. The van der Waals surface area contributed by atoms with Gasteiger partial charge in [-0.1, -0.05) is 22.0 Å². The summed E-state index contributed by atoms with van der Waals surface area (Å²) in [6.45, 7) is 1.78. The van der Waals surface area contributed by atoms with E-state index in [2.05, 4.69) is 26.2 Å². The van der Waals surface area contributed by atoms with Crippen molar-refractivity contribution in [2.24, 2.45) is 0 Å². The molecule has 0 aliphatic heterocycles. The van der Waals surface area contributed by atoms with E-state index in [-0.39, 0.29) is 18.1 Å². The number of ether oxygens (including phenoxy) is 1. The first-order chi connectivity index (χ1) is 14.9. The van der Waals surface area contributed by atoms with Gasteiger partial charge in [0.1, 0.15) is 6.61 Å². The Balaban J connectivity index is 1.39. The molecule has 0 aliphatic carbocycles. The van der Waals surface area contributed by atoms with Crippen molar-refractivity contribution in [2.75, 3.05) is 5.32 Å². The Morgan fingerprint density at radius 3 is 2.65 bits per heavy atom. The first-order valence-electron chi connectivity index (χ1n) is 9.22. The lowest BCUT2D eigenvalue weighted by molar-refractivity contribution is 0.0467. The second kappa shape index (κ2) is 8.83. The predicted octanol–water partition coefficient (Wildman–Crippen LogP) is 4.44. The molecule has 7 nitrogen and oxygen atoms in total. The van der Waals surface area contributed by atoms with Gasteiger partial charge < -0.3 is 10.1 Å². The maximum Gasteiger partial charge on any atom is 0.338 e. The zero-order valence-electron chi connectivity index (χ0n) is 16.3. The molecule has 0 fully saturated rings. The van der Waals surface area contributed by atoms with Crippen LogP contribution in [0.4, 0.5) is 5.69 Å². The molecule has 0 atom stereocenters. The van der Waals surface area contributed by atoms with Crippen LogP contribution < -0.4 is 10.9 Å². The van der Waals surface area contributed by atoms with Crippen LogP contribution in [0.2, 0.25) is 0 Å². The smallest absolute Gasteiger partial charge is 0.338 e. The number of halogens is 1. The van der Waals surface area contributed by atoms with Gasteiger partial charge in [0.15, 0.2) is 4.96 Å². The molecule has 0 bridgehead atoms. The molecule has 0 radical (unpaired) electrons. The predicted molar refractivity (Wildman–Crippen MR) is 122 cm³/mol. The van der Waals surface area contributed by atoms with Crippen LogP contribution in [-0.4, -0.2) is 21.3 Å². The van der Waals surface area contributed by atoms with Crippen LogP contribution in [0.5, 0.6) is 0 Å². The Kier molecular flexibility index (Phi) is 5.97. The number of aromatic nitrogens is 2. The lowest BCUT2D eigenvalue weighted by atomic mass is 10.2. The molecule has 0 saturated heterocycles. The summed E-state index contributed by atoms with van der Waals surface area (Å²) in [5, 5.41) is 2.78. The van der Waals surface area contributed by atoms with E-state index in [1.165, 1.54) is 21.8 Å². The molecule has 0 spiro atoms. The largest absolute Gasteiger partial charge is 0.456 e. The number of amides is 1. The number of nitrogens with one attached hydrogen (secondary N) is 1. The number of anilines is 1. The molecule has 1 N–H and O–H groups in total. The minimum Gasteiger partial charge on any atom is -0.456 e. The molecular formula is C22H16BrN3O4S. The minimum absolute atomic E-state index is 0.108. The minimum atomic E-state index is -0.547. The van der Waals surface area contributed by atoms with Crippen molar-refractivity contribution in [2.45, 2.75) is 13.5 Å². The number of rotatable bonds is 5. The van der Waals surface area contributed by atoms with E-state index in [4.69, 9.17) is 4.74 Å². The van der Waals surface area contributed by atoms with Crippen LogP contribution in [0.3, 0.4) is 0 Å². The lowest BCUT2D eigenvalue weighted by Crippen LogP contribution is -2.15. The Labute approximate surface area is 189 Å². The van der Waals surface area contributed by atoms with Gasteiger partial charge in [0.25, 0.3) is 11.5 Å². The Bertz CT molecular complexity index is 1350. The third-order valence-corrected chi connectivity index (χ3v) is 5.74. The van der Waals surface area contributed by atoms with Crippen LogP contribution in [0.25, 0.3) is 4.96 Å². The van der Waals surface area contributed by atoms with E-state index in [0.717, 1.165) is 9.35 Å². The summed E-state index contributed by atoms with van der Waals surface area (Å²) >= 11 is 4.73. The monoisotopic (exact) mass is 497 g/mol. The first kappa shape index (κ1) is 21.0. The van der Waals surface area contributed by atoms with Crippen LogP contribution in [0, 0.1) is 6.92 Å². The van der Waals surface area contributed by atoms with Crippen molar-refractivity contribution in [3.63, 3.8) is 0 Å². The molecular weight excluding hydrogens is 482 g/mol. The summed E-state index contributed by atoms with van der Waals surface area (Å²) in [6.07, 6.45) is 1.72. The van der Waals surface area contributed by atoms with Crippen LogP contribution in [-0.2, 0) is 11.3 Å². The number of benzene rings is 2. The van der Waals surface area contributed by atoms with E-state index < -0.39 is 5.97 Å². The zero-order valence-corrected chi connectivity index (χ0v) is 18.7. The second-order valence-electron chi connectivity index (χ2n) is 6.70. The Morgan fingerprint density at radius 1 is 1.13 bits per heavy atom. The van der Waals surface area contributed by atoms with Gasteiger partial charge in [-0.25, -0.2) is 9.78 Å². The van der Waals surface area contributed by atoms with Crippen molar-refractivity contribution in [1.82, 2.24) is 9.38 Å². The number of nitrogens with zero attached hydrogens (tertiary/aromatic N) is 2. The topological polar surface area (TPSA) is 89.8 Å². The zero-order chi connectivity index (χ0) is 22.0. The van der Waals surface area contributed by atoms with Crippen molar-refractivity contribution in [1.29, 1.82) is 0 Å². The van der Waals surface area contributed by atoms with Crippen LogP contribution in [0.15, 0.2) is 70.1 Å². The fourth-order valence-corrected chi connectivity index (χ4v) is 4.13. The third kappa shape index (κ3) is 4.89. The number of fused-ring (bicyclic) bond motifs is 1. The number of carbonyl (C=O) groups is 2. The molecule has 1 amide bonds. The molecule has 2 heterocycles. The highest BCUT2D eigenvalue weighted by Crippen LogP contribution is 2.16. The highest BCUT2D eigenvalue weighted by Gasteiger charge is 2.12. The van der Waals surface area contributed by atoms with Gasteiger partial charge >= 0.3 is 5.97 Å². The number of esters is 1. The average molecular weight is 498 g/mol. The van der Waals surface area contributed by atoms with Crippen molar-refractivity contribution in [3.8, 4) is 0 Å². The van der Waals surface area contributed by atoms with Crippen LogP contribution >= 0.6 is 27.3 Å². The maximum absolute atomic E-state index is 12.3. The van der Waals surface area contributed by atoms with Crippen LogP contribution in [0.1, 0.15) is 31.3 Å². The summed E-state index contributed by atoms with van der Waals surface area (Å²) in [5.74, 6) is -0.803. The van der Waals surface area contributed by atoms with Crippen molar-refractivity contribution < 1.29 is 14.3 Å². The van der Waals surface area contributed by atoms with E-state index in [9.17, 15) is 14.4 Å². The number of carbonyl (C=O) groups excluding carboxylic acids is 2. The Morgan fingerprint density at radius 2 is 1.90 bits per heavy atom. The van der Waals surface area contributed by atoms with Gasteiger partial charge in [-0.2, -0.15) is 0 Å². The van der Waals surface area contributed by atoms with Gasteiger partial charge in [-0.15, -0.1) is 11.3 Å². The van der Waals surface area contributed by atoms with Gasteiger partial charge in [0, 0.05) is 32.9 Å². The van der Waals surface area contributed by atoms with E-state index in [1.807, 2.05) is 13.0 Å². The summed E-state index contributed by atoms with van der Waals surface area (Å²) in [5.41, 5.74) is 1.56. The summed E-state index contributed by atoms with van der Waals surface area (Å²) in [7, 11) is 0. The van der Waals surface area contributed by atoms with Gasteiger partial charge in [-0.3, -0.25) is 14.0 Å². The fourth-order valence-electron chi connectivity index (χ4n) is 2.88. The van der Waals surface area contributed by atoms with Gasteiger partial charge in [0.2, 0.25) is 0 Å². The Hall–Kier alpha value is -3.30. The molecule has 156 valence electrons. The number of aryl methyl sites for hydroxylation is 1. The van der Waals surface area contributed by atoms with Crippen molar-refractivity contribution in [3.05, 3.63) is 97.3 Å². The summed E-state index contributed by atoms with van der Waals surface area (Å²) in [4.78, 5) is 42.7. The quantitative estimate of drug-likeness (QED) is 0.411. The van der Waals surface area contributed by atoms with E-state index >= 15 is 0 Å². The molecule has 4 aromatic rings. The number of hydrogen-bond acceptors (Lipinski definition) is 6. The standard InChI is InChI=1S/C22H16BrN3O4S/c1-13-11-26-19(27)10-18(25-22(26)31-13)12-30-21(29)14-5-7-17(8-6-14)24-20(28)15-3-2-4-16(23)9-15/h2-11H,12H2,1H3,(H,24,28). The normalized spacial score (nSPS) is 10.8. The molecule has 31 heavy (non-hydrogen) atoms. The average Bonchev–Trinajstić information content (AvgIpc) is 3.13. The molecule has 2 aromatic heterocycles. The second-order valence-corrected chi connectivity index (χ2v) is 8.83. The SMILES string of the molecule is Cc1cn2c(=O)cc(COC(=O)c3ccc(NC(=O)c4cccc(Br)c4)cc3)nc2s1. The summed E-state index contributed by atoms with van der Waals surface area (Å²) < 4.78 is 7.56. The van der Waals surface area contributed by atoms with E-state index in [0.29, 0.717) is 27.5 Å². The summed E-state index contributed by atoms with van der Waals surface area (Å²) in [6, 6.07) is 14.8.